The smallest absolute Gasteiger partial charge is 0.168 e. The Morgan fingerprint density at radius 2 is 1.55 bits per heavy atom. The Morgan fingerprint density at radius 3 is 2.18 bits per heavy atom. The largest absolute Gasteiger partial charge is 0.511 e. The first-order chi connectivity index (χ1) is 18.4. The van der Waals surface area contributed by atoms with Crippen LogP contribution in [0.4, 0.5) is 0 Å². The average molecular weight is 511 g/mol. The second-order valence-electron chi connectivity index (χ2n) is 10.5. The van der Waals surface area contributed by atoms with E-state index in [-0.39, 0.29) is 41.6 Å². The maximum absolute atomic E-state index is 13.3. The zero-order valence-corrected chi connectivity index (χ0v) is 22.0. The topological polar surface area (TPSA) is 92.8 Å². The molecule has 1 N–H and O–H groups in total. The van der Waals surface area contributed by atoms with Gasteiger partial charge in [0.25, 0.3) is 0 Å². The van der Waals surface area contributed by atoms with Gasteiger partial charge in [0.2, 0.25) is 0 Å². The second kappa shape index (κ2) is 11.3. The Hall–Kier alpha value is -3.80. The minimum Gasteiger partial charge on any atom is -0.511 e. The third kappa shape index (κ3) is 5.40. The lowest BCUT2D eigenvalue weighted by Gasteiger charge is -2.26. The van der Waals surface area contributed by atoms with Crippen molar-refractivity contribution in [2.45, 2.75) is 76.7 Å². The third-order valence-corrected chi connectivity index (χ3v) is 7.81. The molecule has 6 heteroatoms. The molecule has 1 heterocycles. The highest BCUT2D eigenvalue weighted by molar-refractivity contribution is 6.24. The molecule has 1 fully saturated rings. The number of carbonyl (C=O) groups excluding carboxylic acids is 2. The highest BCUT2D eigenvalue weighted by atomic mass is 16.5. The maximum atomic E-state index is 13.3. The quantitative estimate of drug-likeness (QED) is 0.281. The van der Waals surface area contributed by atoms with E-state index in [1.165, 1.54) is 0 Å². The van der Waals surface area contributed by atoms with Crippen LogP contribution in [-0.4, -0.2) is 33.6 Å². The Labute approximate surface area is 223 Å². The van der Waals surface area contributed by atoms with Gasteiger partial charge >= 0.3 is 0 Å². The molecule has 2 aliphatic carbocycles. The number of benzene rings is 2. The standard InChI is InChI=1S/C32H34N2O4/c1-3-20(2)33-26-16-23(21-10-6-4-7-11-21)17-28(36)31(26)27(35)15-14-25-32-29(37)18-24(19-30(32)38-34-25)22-12-8-5-9-13-22/h4-13,20,23-24,35H,3,14-19H2,1-2H3. The molecule has 196 valence electrons. The predicted octanol–water partition coefficient (Wildman–Crippen LogP) is 6.72. The normalized spacial score (nSPS) is 22.8. The molecule has 6 nitrogen and oxygen atoms in total. The summed E-state index contributed by atoms with van der Waals surface area (Å²) in [6.45, 7) is 4.08. The lowest BCUT2D eigenvalue weighted by atomic mass is 9.78. The molecule has 38 heavy (non-hydrogen) atoms. The molecule has 3 unspecified atom stereocenters. The molecule has 3 aromatic rings. The lowest BCUT2D eigenvalue weighted by molar-refractivity contribution is -0.116. The van der Waals surface area contributed by atoms with Gasteiger partial charge < -0.3 is 9.63 Å². The van der Waals surface area contributed by atoms with Gasteiger partial charge in [-0.25, -0.2) is 0 Å². The lowest BCUT2D eigenvalue weighted by Crippen LogP contribution is -2.27. The molecule has 2 aliphatic rings. The summed E-state index contributed by atoms with van der Waals surface area (Å²) in [6.07, 6.45) is 3.34. The van der Waals surface area contributed by atoms with Gasteiger partial charge in [-0.2, -0.15) is 0 Å². The number of carbonyl (C=O) groups is 2. The van der Waals surface area contributed by atoms with Crippen LogP contribution in [0.1, 0.15) is 90.7 Å². The van der Waals surface area contributed by atoms with Crippen LogP contribution in [0.15, 0.2) is 81.5 Å². The first-order valence-electron chi connectivity index (χ1n) is 13.6. The molecule has 3 atom stereocenters. The number of hydrogen-bond acceptors (Lipinski definition) is 6. The Morgan fingerprint density at radius 1 is 0.947 bits per heavy atom. The molecular weight excluding hydrogens is 476 g/mol. The van der Waals surface area contributed by atoms with Crippen molar-refractivity contribution in [2.24, 2.45) is 4.99 Å². The van der Waals surface area contributed by atoms with Crippen LogP contribution in [0.5, 0.6) is 0 Å². The maximum Gasteiger partial charge on any atom is 0.168 e. The highest BCUT2D eigenvalue weighted by Gasteiger charge is 2.34. The number of aromatic nitrogens is 1. The Bertz CT molecular complexity index is 1370. The zero-order valence-electron chi connectivity index (χ0n) is 22.0. The molecule has 0 aliphatic heterocycles. The third-order valence-electron chi connectivity index (χ3n) is 7.81. The molecule has 0 bridgehead atoms. The number of fused-ring (bicyclic) bond motifs is 1. The Balaban J connectivity index is 1.36. The number of rotatable bonds is 7. The van der Waals surface area contributed by atoms with Crippen molar-refractivity contribution in [2.75, 3.05) is 0 Å². The summed E-state index contributed by atoms with van der Waals surface area (Å²) in [7, 11) is 0. The van der Waals surface area contributed by atoms with Crippen molar-refractivity contribution >= 4 is 17.3 Å². The predicted molar refractivity (Wildman–Crippen MR) is 147 cm³/mol. The number of aryl methyl sites for hydroxylation is 1. The van der Waals surface area contributed by atoms with Crippen LogP contribution in [0.3, 0.4) is 0 Å². The summed E-state index contributed by atoms with van der Waals surface area (Å²) >= 11 is 0. The van der Waals surface area contributed by atoms with Gasteiger partial charge in [0.05, 0.1) is 16.8 Å². The van der Waals surface area contributed by atoms with E-state index in [1.54, 1.807) is 0 Å². The number of nitrogens with zero attached hydrogens (tertiary/aromatic N) is 2. The van der Waals surface area contributed by atoms with Gasteiger partial charge in [-0.3, -0.25) is 14.6 Å². The van der Waals surface area contributed by atoms with Crippen molar-refractivity contribution < 1.29 is 19.2 Å². The second-order valence-corrected chi connectivity index (χ2v) is 10.5. The van der Waals surface area contributed by atoms with E-state index >= 15 is 0 Å². The van der Waals surface area contributed by atoms with Crippen LogP contribution < -0.4 is 0 Å². The van der Waals surface area contributed by atoms with Gasteiger partial charge in [0, 0.05) is 43.9 Å². The molecular formula is C32H34N2O4. The molecule has 0 spiro atoms. The number of aliphatic hydroxyl groups is 1. The minimum atomic E-state index is -0.0892. The van der Waals surface area contributed by atoms with E-state index in [4.69, 9.17) is 9.52 Å². The highest BCUT2D eigenvalue weighted by Crippen LogP contribution is 2.36. The van der Waals surface area contributed by atoms with Crippen molar-refractivity contribution in [1.29, 1.82) is 0 Å². The number of allylic oxidation sites excluding steroid dienone is 2. The van der Waals surface area contributed by atoms with E-state index in [0.717, 1.165) is 17.5 Å². The first kappa shape index (κ1) is 25.8. The fourth-order valence-electron chi connectivity index (χ4n) is 5.59. The van der Waals surface area contributed by atoms with Gasteiger partial charge in [0.1, 0.15) is 11.5 Å². The number of ketones is 2. The molecule has 0 amide bonds. The summed E-state index contributed by atoms with van der Waals surface area (Å²) in [5.41, 5.74) is 4.33. The van der Waals surface area contributed by atoms with E-state index in [1.807, 2.05) is 67.6 Å². The van der Waals surface area contributed by atoms with Gasteiger partial charge in [0.15, 0.2) is 11.6 Å². The fourth-order valence-corrected chi connectivity index (χ4v) is 5.59. The molecule has 5 rings (SSSR count). The van der Waals surface area contributed by atoms with E-state index in [0.29, 0.717) is 60.4 Å². The summed E-state index contributed by atoms with van der Waals surface area (Å²) in [6, 6.07) is 20.1. The van der Waals surface area contributed by atoms with E-state index in [9.17, 15) is 14.7 Å². The average Bonchev–Trinajstić information content (AvgIpc) is 3.36. The number of hydrogen-bond donors (Lipinski definition) is 1. The van der Waals surface area contributed by atoms with Crippen LogP contribution in [-0.2, 0) is 17.6 Å². The SMILES string of the molecule is CCC(C)N=C1CC(c2ccccc2)CC(=O)C1=C(O)CCc1noc2c1C(=O)CC(c1ccccc1)C2. The van der Waals surface area contributed by atoms with E-state index in [2.05, 4.69) is 12.1 Å². The molecule has 0 radical (unpaired) electrons. The van der Waals surface area contributed by atoms with E-state index < -0.39 is 0 Å². The van der Waals surface area contributed by atoms with Crippen molar-refractivity contribution in [3.8, 4) is 0 Å². The van der Waals surface area contributed by atoms with Gasteiger partial charge in [-0.1, -0.05) is 72.7 Å². The van der Waals surface area contributed by atoms with Crippen molar-refractivity contribution in [1.82, 2.24) is 5.16 Å². The summed E-state index contributed by atoms with van der Waals surface area (Å²) in [4.78, 5) is 31.2. The van der Waals surface area contributed by atoms with Crippen LogP contribution in [0.25, 0.3) is 0 Å². The Kier molecular flexibility index (Phi) is 7.68. The van der Waals surface area contributed by atoms with Crippen molar-refractivity contribution in [3.63, 3.8) is 0 Å². The number of aliphatic imine (C=N–C) groups is 1. The molecule has 2 aromatic carbocycles. The first-order valence-corrected chi connectivity index (χ1v) is 13.6. The monoisotopic (exact) mass is 510 g/mol. The van der Waals surface area contributed by atoms with Crippen molar-refractivity contribution in [3.05, 3.63) is 100 Å². The molecule has 1 saturated carbocycles. The molecule has 0 saturated heterocycles. The zero-order chi connectivity index (χ0) is 26.6. The van der Waals surface area contributed by atoms with Crippen LogP contribution >= 0.6 is 0 Å². The van der Waals surface area contributed by atoms with Gasteiger partial charge in [-0.15, -0.1) is 0 Å². The fraction of sp³-hybridized carbons (Fsp3) is 0.375. The summed E-state index contributed by atoms with van der Waals surface area (Å²) in [5, 5.41) is 15.4. The number of Topliss-reactive ketones (excluding diaryl/α,β-unsaturated/α-hetero) is 2. The summed E-state index contributed by atoms with van der Waals surface area (Å²) < 4.78 is 5.60. The number of aliphatic hydroxyl groups excluding tert-OH is 1. The van der Waals surface area contributed by atoms with Crippen LogP contribution in [0.2, 0.25) is 0 Å². The van der Waals surface area contributed by atoms with Crippen LogP contribution in [0, 0.1) is 0 Å². The van der Waals surface area contributed by atoms with Gasteiger partial charge in [-0.05, 0) is 42.7 Å². The molecule has 1 aromatic heterocycles. The minimum absolute atomic E-state index is 0.0157. The summed E-state index contributed by atoms with van der Waals surface area (Å²) in [5.74, 6) is 0.669.